The maximum absolute atomic E-state index is 12.5. The van der Waals surface area contributed by atoms with Gasteiger partial charge in [0, 0.05) is 37.3 Å². The Kier molecular flexibility index (Phi) is 5.97. The minimum Gasteiger partial charge on any atom is -0.381 e. The zero-order valence-electron chi connectivity index (χ0n) is 14.9. The van der Waals surface area contributed by atoms with Crippen molar-refractivity contribution in [1.29, 1.82) is 0 Å². The molecule has 1 aliphatic heterocycles. The average Bonchev–Trinajstić information content (AvgIpc) is 2.96. The second kappa shape index (κ2) is 7.98. The Labute approximate surface area is 141 Å². The largest absolute Gasteiger partial charge is 0.381 e. The van der Waals surface area contributed by atoms with Gasteiger partial charge in [-0.05, 0) is 63.2 Å². The normalized spacial score (nSPS) is 41.7. The fraction of sp³-hybridized carbons (Fsp3) is 0.947. The highest BCUT2D eigenvalue weighted by Gasteiger charge is 2.38. The van der Waals surface area contributed by atoms with Crippen molar-refractivity contribution in [2.24, 2.45) is 17.8 Å². The maximum Gasteiger partial charge on any atom is 0.223 e. The van der Waals surface area contributed by atoms with Crippen LogP contribution in [0.25, 0.3) is 0 Å². The van der Waals surface area contributed by atoms with E-state index in [1.807, 2.05) is 0 Å². The lowest BCUT2D eigenvalue weighted by atomic mass is 9.72. The lowest BCUT2D eigenvalue weighted by Crippen LogP contribution is -2.52. The molecule has 0 aromatic heterocycles. The molecule has 3 aliphatic rings. The lowest BCUT2D eigenvalue weighted by molar-refractivity contribution is -0.127. The van der Waals surface area contributed by atoms with Gasteiger partial charge < -0.3 is 15.4 Å². The summed E-state index contributed by atoms with van der Waals surface area (Å²) in [6.07, 6.45) is 9.27. The standard InChI is InChI=1S/C19H34N2O2/c1-13-11-14(2)18(13)21-19(22)15-6-7-17(12-15)20-16-5-3-4-9-23-10-8-16/h13-18,20H,3-12H2,1-2H3,(H,21,22). The SMILES string of the molecule is CC1CC(C)C1NC(=O)C1CCC(NC2CCCCOCC2)C1. The van der Waals surface area contributed by atoms with Gasteiger partial charge in [-0.15, -0.1) is 0 Å². The van der Waals surface area contributed by atoms with Gasteiger partial charge >= 0.3 is 0 Å². The number of hydrogen-bond donors (Lipinski definition) is 2. The summed E-state index contributed by atoms with van der Waals surface area (Å²) < 4.78 is 5.61. The summed E-state index contributed by atoms with van der Waals surface area (Å²) in [5, 5.41) is 7.12. The van der Waals surface area contributed by atoms with Crippen LogP contribution in [0.2, 0.25) is 0 Å². The minimum absolute atomic E-state index is 0.220. The fourth-order valence-corrected chi connectivity index (χ4v) is 4.75. The van der Waals surface area contributed by atoms with Crippen LogP contribution in [0, 0.1) is 17.8 Å². The first-order valence-electron chi connectivity index (χ1n) is 9.77. The molecule has 0 radical (unpaired) electrons. The molecule has 1 amide bonds. The smallest absolute Gasteiger partial charge is 0.223 e. The second-order valence-corrected chi connectivity index (χ2v) is 8.19. The van der Waals surface area contributed by atoms with Crippen molar-refractivity contribution < 1.29 is 9.53 Å². The van der Waals surface area contributed by atoms with E-state index in [-0.39, 0.29) is 5.92 Å². The van der Waals surface area contributed by atoms with E-state index in [1.165, 1.54) is 25.7 Å². The second-order valence-electron chi connectivity index (χ2n) is 8.19. The number of nitrogens with one attached hydrogen (secondary N) is 2. The van der Waals surface area contributed by atoms with Crippen molar-refractivity contribution in [3.8, 4) is 0 Å². The van der Waals surface area contributed by atoms with E-state index in [9.17, 15) is 4.79 Å². The summed E-state index contributed by atoms with van der Waals surface area (Å²) in [5.74, 6) is 1.83. The summed E-state index contributed by atoms with van der Waals surface area (Å²) in [5.41, 5.74) is 0. The number of hydrogen-bond acceptors (Lipinski definition) is 3. The number of carbonyl (C=O) groups is 1. The molecule has 0 aromatic carbocycles. The van der Waals surface area contributed by atoms with E-state index >= 15 is 0 Å². The van der Waals surface area contributed by atoms with Crippen molar-refractivity contribution in [3.05, 3.63) is 0 Å². The monoisotopic (exact) mass is 322 g/mol. The average molecular weight is 322 g/mol. The molecule has 5 atom stereocenters. The molecule has 2 aliphatic carbocycles. The molecule has 4 heteroatoms. The van der Waals surface area contributed by atoms with Crippen LogP contribution in [0.4, 0.5) is 0 Å². The van der Waals surface area contributed by atoms with Crippen molar-refractivity contribution in [2.45, 2.75) is 83.3 Å². The molecule has 132 valence electrons. The van der Waals surface area contributed by atoms with Gasteiger partial charge in [-0.1, -0.05) is 13.8 Å². The van der Waals surface area contributed by atoms with Gasteiger partial charge in [0.2, 0.25) is 5.91 Å². The van der Waals surface area contributed by atoms with Crippen molar-refractivity contribution in [2.75, 3.05) is 13.2 Å². The third-order valence-corrected chi connectivity index (χ3v) is 6.26. The van der Waals surface area contributed by atoms with E-state index in [1.54, 1.807) is 0 Å². The Balaban J connectivity index is 1.41. The number of rotatable bonds is 4. The van der Waals surface area contributed by atoms with Crippen LogP contribution in [-0.4, -0.2) is 37.2 Å². The Hall–Kier alpha value is -0.610. The summed E-state index contributed by atoms with van der Waals surface area (Å²) in [7, 11) is 0. The summed E-state index contributed by atoms with van der Waals surface area (Å²) in [6.45, 7) is 6.31. The molecule has 2 saturated carbocycles. The molecule has 4 nitrogen and oxygen atoms in total. The molecule has 3 rings (SSSR count). The van der Waals surface area contributed by atoms with Crippen LogP contribution in [0.15, 0.2) is 0 Å². The minimum atomic E-state index is 0.220. The van der Waals surface area contributed by atoms with E-state index in [4.69, 9.17) is 4.74 Å². The van der Waals surface area contributed by atoms with Crippen LogP contribution in [0.1, 0.15) is 65.2 Å². The van der Waals surface area contributed by atoms with Gasteiger partial charge in [-0.2, -0.15) is 0 Å². The first-order chi connectivity index (χ1) is 11.1. The fourth-order valence-electron chi connectivity index (χ4n) is 4.75. The number of ether oxygens (including phenoxy) is 1. The molecule has 0 aromatic rings. The van der Waals surface area contributed by atoms with E-state index in [2.05, 4.69) is 24.5 Å². The van der Waals surface area contributed by atoms with Gasteiger partial charge in [-0.3, -0.25) is 4.79 Å². The van der Waals surface area contributed by atoms with Gasteiger partial charge in [0.1, 0.15) is 0 Å². The molecule has 1 saturated heterocycles. The third kappa shape index (κ3) is 4.48. The van der Waals surface area contributed by atoms with Crippen molar-refractivity contribution in [3.63, 3.8) is 0 Å². The lowest BCUT2D eigenvalue weighted by Gasteiger charge is -2.42. The van der Waals surface area contributed by atoms with E-state index in [0.717, 1.165) is 38.9 Å². The quantitative estimate of drug-likeness (QED) is 0.837. The van der Waals surface area contributed by atoms with Gasteiger partial charge in [0.05, 0.1) is 0 Å². The maximum atomic E-state index is 12.5. The van der Waals surface area contributed by atoms with Gasteiger partial charge in [0.15, 0.2) is 0 Å². The molecular formula is C19H34N2O2. The van der Waals surface area contributed by atoms with Crippen molar-refractivity contribution in [1.82, 2.24) is 10.6 Å². The summed E-state index contributed by atoms with van der Waals surface area (Å²) in [6, 6.07) is 1.51. The topological polar surface area (TPSA) is 50.4 Å². The molecule has 0 bridgehead atoms. The number of amides is 1. The highest BCUT2D eigenvalue weighted by Crippen LogP contribution is 2.34. The highest BCUT2D eigenvalue weighted by atomic mass is 16.5. The van der Waals surface area contributed by atoms with Crippen LogP contribution in [0.3, 0.4) is 0 Å². The molecule has 3 fully saturated rings. The molecule has 2 N–H and O–H groups in total. The highest BCUT2D eigenvalue weighted by molar-refractivity contribution is 5.79. The molecule has 23 heavy (non-hydrogen) atoms. The Morgan fingerprint density at radius 2 is 1.74 bits per heavy atom. The molecule has 5 unspecified atom stereocenters. The van der Waals surface area contributed by atoms with Gasteiger partial charge in [0.25, 0.3) is 0 Å². The molecule has 0 spiro atoms. The molecular weight excluding hydrogens is 288 g/mol. The first kappa shape index (κ1) is 17.2. The third-order valence-electron chi connectivity index (χ3n) is 6.26. The predicted molar refractivity (Wildman–Crippen MR) is 92.2 cm³/mol. The van der Waals surface area contributed by atoms with Gasteiger partial charge in [-0.25, -0.2) is 0 Å². The predicted octanol–water partition coefficient (Wildman–Crippen LogP) is 2.86. The van der Waals surface area contributed by atoms with E-state index in [0.29, 0.717) is 35.9 Å². The number of carbonyl (C=O) groups excluding carboxylic acids is 1. The van der Waals surface area contributed by atoms with E-state index < -0.39 is 0 Å². The Morgan fingerprint density at radius 1 is 0.913 bits per heavy atom. The van der Waals surface area contributed by atoms with Crippen LogP contribution < -0.4 is 10.6 Å². The summed E-state index contributed by atoms with van der Waals surface area (Å²) in [4.78, 5) is 12.5. The summed E-state index contributed by atoms with van der Waals surface area (Å²) >= 11 is 0. The van der Waals surface area contributed by atoms with Crippen LogP contribution in [-0.2, 0) is 9.53 Å². The van der Waals surface area contributed by atoms with Crippen molar-refractivity contribution >= 4 is 5.91 Å². The molecule has 1 heterocycles. The van der Waals surface area contributed by atoms with Crippen LogP contribution in [0.5, 0.6) is 0 Å². The zero-order chi connectivity index (χ0) is 16.2. The Morgan fingerprint density at radius 3 is 2.52 bits per heavy atom. The Bertz CT molecular complexity index is 385. The first-order valence-corrected chi connectivity index (χ1v) is 9.77. The zero-order valence-corrected chi connectivity index (χ0v) is 14.9. The van der Waals surface area contributed by atoms with Crippen LogP contribution >= 0.6 is 0 Å².